The Kier molecular flexibility index (Phi) is 5.09. The van der Waals surface area contributed by atoms with Crippen molar-refractivity contribution in [3.8, 4) is 0 Å². The highest BCUT2D eigenvalue weighted by atomic mass is 16.1. The number of carbonyl (C=O) groups excluding carboxylic acids is 1. The molecule has 0 saturated heterocycles. The SMILES string of the molecule is CCC(C)N(C)C(C)C(=O)c1cc(C)ccc1C. The van der Waals surface area contributed by atoms with Crippen LogP contribution in [-0.4, -0.2) is 29.8 Å². The van der Waals surface area contributed by atoms with Crippen LogP contribution in [0.1, 0.15) is 48.7 Å². The summed E-state index contributed by atoms with van der Waals surface area (Å²) in [4.78, 5) is 14.7. The summed E-state index contributed by atoms with van der Waals surface area (Å²) in [6, 6.07) is 6.43. The summed E-state index contributed by atoms with van der Waals surface area (Å²) in [7, 11) is 2.03. The molecule has 2 nitrogen and oxygen atoms in total. The van der Waals surface area contributed by atoms with Gasteiger partial charge in [-0.3, -0.25) is 9.69 Å². The molecule has 0 amide bonds. The number of hydrogen-bond donors (Lipinski definition) is 0. The van der Waals surface area contributed by atoms with Gasteiger partial charge in [0.2, 0.25) is 0 Å². The molecule has 0 bridgehead atoms. The highest BCUT2D eigenvalue weighted by molar-refractivity contribution is 6.01. The Balaban J connectivity index is 2.96. The van der Waals surface area contributed by atoms with E-state index in [1.165, 1.54) is 0 Å². The molecule has 2 atom stereocenters. The third-order valence-corrected chi connectivity index (χ3v) is 3.93. The van der Waals surface area contributed by atoms with Gasteiger partial charge in [-0.25, -0.2) is 0 Å². The van der Waals surface area contributed by atoms with Crippen LogP contribution in [0.4, 0.5) is 0 Å². The molecule has 100 valence electrons. The first-order chi connectivity index (χ1) is 8.38. The number of Topliss-reactive ketones (excluding diaryl/α,β-unsaturated/α-hetero) is 1. The number of ketones is 1. The van der Waals surface area contributed by atoms with E-state index in [9.17, 15) is 4.79 Å². The first-order valence-electron chi connectivity index (χ1n) is 6.71. The minimum absolute atomic E-state index is 0.0690. The zero-order valence-electron chi connectivity index (χ0n) is 12.4. The Morgan fingerprint density at radius 2 is 1.89 bits per heavy atom. The monoisotopic (exact) mass is 247 g/mol. The third-order valence-electron chi connectivity index (χ3n) is 3.93. The lowest BCUT2D eigenvalue weighted by molar-refractivity contribution is 0.0823. The maximum Gasteiger partial charge on any atom is 0.179 e. The molecule has 18 heavy (non-hydrogen) atoms. The van der Waals surface area contributed by atoms with Crippen molar-refractivity contribution in [2.75, 3.05) is 7.05 Å². The second kappa shape index (κ2) is 6.14. The number of carbonyl (C=O) groups is 1. The Labute approximate surface area is 111 Å². The van der Waals surface area contributed by atoms with E-state index >= 15 is 0 Å². The van der Waals surface area contributed by atoms with E-state index in [2.05, 4.69) is 24.8 Å². The first kappa shape index (κ1) is 14.9. The van der Waals surface area contributed by atoms with Crippen molar-refractivity contribution >= 4 is 5.78 Å². The number of nitrogens with zero attached hydrogens (tertiary/aromatic N) is 1. The molecule has 2 heteroatoms. The van der Waals surface area contributed by atoms with Crippen LogP contribution < -0.4 is 0 Å². The van der Waals surface area contributed by atoms with Gasteiger partial charge < -0.3 is 0 Å². The van der Waals surface area contributed by atoms with Crippen LogP contribution in [0, 0.1) is 13.8 Å². The van der Waals surface area contributed by atoms with Gasteiger partial charge in [0.1, 0.15) is 0 Å². The molecule has 2 unspecified atom stereocenters. The zero-order chi connectivity index (χ0) is 13.9. The standard InChI is InChI=1S/C16H25NO/c1-7-13(4)17(6)14(5)16(18)15-10-11(2)8-9-12(15)3/h8-10,13-14H,7H2,1-6H3. The summed E-state index contributed by atoms with van der Waals surface area (Å²) in [6.07, 6.45) is 1.06. The molecule has 1 aromatic rings. The van der Waals surface area contributed by atoms with Gasteiger partial charge in [-0.1, -0.05) is 24.6 Å². The van der Waals surface area contributed by atoms with Gasteiger partial charge in [0.15, 0.2) is 5.78 Å². The van der Waals surface area contributed by atoms with E-state index in [0.29, 0.717) is 6.04 Å². The van der Waals surface area contributed by atoms with Crippen molar-refractivity contribution in [1.82, 2.24) is 4.90 Å². The summed E-state index contributed by atoms with van der Waals surface area (Å²) >= 11 is 0. The first-order valence-corrected chi connectivity index (χ1v) is 6.71. The lowest BCUT2D eigenvalue weighted by Crippen LogP contribution is -2.41. The van der Waals surface area contributed by atoms with E-state index in [1.54, 1.807) is 0 Å². The number of rotatable bonds is 5. The van der Waals surface area contributed by atoms with Gasteiger partial charge in [-0.05, 0) is 52.8 Å². The summed E-state index contributed by atoms with van der Waals surface area (Å²) < 4.78 is 0. The normalized spacial score (nSPS) is 14.6. The van der Waals surface area contributed by atoms with Crippen LogP contribution in [0.5, 0.6) is 0 Å². The molecule has 0 saturated carbocycles. The van der Waals surface area contributed by atoms with Crippen LogP contribution in [0.25, 0.3) is 0 Å². The van der Waals surface area contributed by atoms with Crippen LogP contribution >= 0.6 is 0 Å². The molecule has 0 N–H and O–H groups in total. The highest BCUT2D eigenvalue weighted by Gasteiger charge is 2.23. The van der Waals surface area contributed by atoms with E-state index < -0.39 is 0 Å². The molecule has 0 aromatic heterocycles. The zero-order valence-corrected chi connectivity index (χ0v) is 12.4. The second-order valence-electron chi connectivity index (χ2n) is 5.28. The van der Waals surface area contributed by atoms with Crippen molar-refractivity contribution < 1.29 is 4.79 Å². The Hall–Kier alpha value is -1.15. The minimum atomic E-state index is -0.0690. The lowest BCUT2D eigenvalue weighted by Gasteiger charge is -2.29. The fourth-order valence-electron chi connectivity index (χ4n) is 2.08. The van der Waals surface area contributed by atoms with E-state index in [-0.39, 0.29) is 11.8 Å². The van der Waals surface area contributed by atoms with Crippen molar-refractivity contribution in [1.29, 1.82) is 0 Å². The molecular formula is C16H25NO. The molecule has 0 radical (unpaired) electrons. The van der Waals surface area contributed by atoms with Gasteiger partial charge in [0, 0.05) is 11.6 Å². The molecule has 0 fully saturated rings. The Bertz CT molecular complexity index is 425. The topological polar surface area (TPSA) is 20.3 Å². The summed E-state index contributed by atoms with van der Waals surface area (Å²) in [5.41, 5.74) is 3.06. The maximum absolute atomic E-state index is 12.5. The predicted molar refractivity (Wildman–Crippen MR) is 77.2 cm³/mol. The summed E-state index contributed by atoms with van der Waals surface area (Å²) in [5.74, 6) is 0.221. The number of benzene rings is 1. The largest absolute Gasteiger partial charge is 0.294 e. The average molecular weight is 247 g/mol. The van der Waals surface area contributed by atoms with Gasteiger partial charge >= 0.3 is 0 Å². The fourth-order valence-corrected chi connectivity index (χ4v) is 2.08. The Morgan fingerprint density at radius 1 is 1.28 bits per heavy atom. The molecule has 0 heterocycles. The highest BCUT2D eigenvalue weighted by Crippen LogP contribution is 2.16. The molecule has 0 aliphatic carbocycles. The van der Waals surface area contributed by atoms with E-state index in [0.717, 1.165) is 23.1 Å². The minimum Gasteiger partial charge on any atom is -0.294 e. The molecule has 0 aliphatic heterocycles. The molecular weight excluding hydrogens is 222 g/mol. The average Bonchev–Trinajstić information content (AvgIpc) is 2.38. The van der Waals surface area contributed by atoms with Gasteiger partial charge in [0.25, 0.3) is 0 Å². The summed E-state index contributed by atoms with van der Waals surface area (Å²) in [5, 5.41) is 0. The molecule has 1 rings (SSSR count). The van der Waals surface area contributed by atoms with Crippen LogP contribution in [0.3, 0.4) is 0 Å². The van der Waals surface area contributed by atoms with Crippen molar-refractivity contribution in [2.24, 2.45) is 0 Å². The van der Waals surface area contributed by atoms with Gasteiger partial charge in [-0.15, -0.1) is 0 Å². The molecule has 0 spiro atoms. The smallest absolute Gasteiger partial charge is 0.179 e. The fraction of sp³-hybridized carbons (Fsp3) is 0.562. The van der Waals surface area contributed by atoms with E-state index in [1.807, 2.05) is 40.0 Å². The van der Waals surface area contributed by atoms with Gasteiger partial charge in [-0.2, -0.15) is 0 Å². The van der Waals surface area contributed by atoms with Crippen molar-refractivity contribution in [2.45, 2.75) is 53.1 Å². The predicted octanol–water partition coefficient (Wildman–Crippen LogP) is 3.60. The molecule has 1 aromatic carbocycles. The summed E-state index contributed by atoms with van der Waals surface area (Å²) in [6.45, 7) is 10.3. The Morgan fingerprint density at radius 3 is 2.44 bits per heavy atom. The number of likely N-dealkylation sites (N-methyl/N-ethyl adjacent to an activating group) is 1. The molecule has 0 aliphatic rings. The lowest BCUT2D eigenvalue weighted by atomic mass is 9.97. The van der Waals surface area contributed by atoms with Gasteiger partial charge in [0.05, 0.1) is 6.04 Å². The third kappa shape index (κ3) is 3.20. The van der Waals surface area contributed by atoms with E-state index in [4.69, 9.17) is 0 Å². The van der Waals surface area contributed by atoms with Crippen LogP contribution in [0.2, 0.25) is 0 Å². The van der Waals surface area contributed by atoms with Crippen molar-refractivity contribution in [3.05, 3.63) is 34.9 Å². The maximum atomic E-state index is 12.5. The number of hydrogen-bond acceptors (Lipinski definition) is 2. The van der Waals surface area contributed by atoms with Crippen LogP contribution in [0.15, 0.2) is 18.2 Å². The number of aryl methyl sites for hydroxylation is 2. The second-order valence-corrected chi connectivity index (χ2v) is 5.28. The van der Waals surface area contributed by atoms with Crippen LogP contribution in [-0.2, 0) is 0 Å². The van der Waals surface area contributed by atoms with Crippen molar-refractivity contribution in [3.63, 3.8) is 0 Å². The quantitative estimate of drug-likeness (QED) is 0.741.